The lowest BCUT2D eigenvalue weighted by Crippen LogP contribution is -2.30. The normalized spacial score (nSPS) is 23.4. The van der Waals surface area contributed by atoms with Gasteiger partial charge in [-0.25, -0.2) is 4.99 Å². The third kappa shape index (κ3) is 2.70. The molecule has 0 bridgehead atoms. The highest BCUT2D eigenvalue weighted by Gasteiger charge is 2.38. The Hall–Kier alpha value is -1.71. The maximum absolute atomic E-state index is 5.81. The SMILES string of the molecule is COc1cccc([C@@H]2C[C@H]2N=C(N)N(C)C)c1. The van der Waals surface area contributed by atoms with Gasteiger partial charge in [0.05, 0.1) is 13.2 Å². The molecule has 1 aliphatic carbocycles. The highest BCUT2D eigenvalue weighted by molar-refractivity contribution is 5.78. The van der Waals surface area contributed by atoms with Gasteiger partial charge in [-0.05, 0) is 24.1 Å². The number of nitrogens with two attached hydrogens (primary N) is 1. The minimum absolute atomic E-state index is 0.324. The van der Waals surface area contributed by atoms with E-state index in [4.69, 9.17) is 10.5 Å². The van der Waals surface area contributed by atoms with Crippen LogP contribution in [-0.2, 0) is 0 Å². The Bertz CT molecular complexity index is 428. The van der Waals surface area contributed by atoms with Gasteiger partial charge in [0, 0.05) is 20.0 Å². The van der Waals surface area contributed by atoms with Gasteiger partial charge in [-0.2, -0.15) is 0 Å². The molecule has 0 saturated heterocycles. The highest BCUT2D eigenvalue weighted by Crippen LogP contribution is 2.44. The van der Waals surface area contributed by atoms with Crippen LogP contribution in [0, 0.1) is 0 Å². The van der Waals surface area contributed by atoms with Crippen molar-refractivity contribution in [2.24, 2.45) is 10.7 Å². The van der Waals surface area contributed by atoms with Crippen molar-refractivity contribution >= 4 is 5.96 Å². The topological polar surface area (TPSA) is 50.9 Å². The lowest BCUT2D eigenvalue weighted by Gasteiger charge is -2.10. The third-order valence-corrected chi connectivity index (χ3v) is 3.03. The van der Waals surface area contributed by atoms with Crippen LogP contribution in [0.3, 0.4) is 0 Å². The van der Waals surface area contributed by atoms with Crippen molar-refractivity contribution in [1.29, 1.82) is 0 Å². The Morgan fingerprint density at radius 2 is 2.24 bits per heavy atom. The van der Waals surface area contributed by atoms with Crippen LogP contribution in [0.15, 0.2) is 29.3 Å². The number of nitrogens with zero attached hydrogens (tertiary/aromatic N) is 2. The molecule has 1 aromatic rings. The van der Waals surface area contributed by atoms with E-state index in [0.29, 0.717) is 17.9 Å². The van der Waals surface area contributed by atoms with Gasteiger partial charge in [-0.15, -0.1) is 0 Å². The summed E-state index contributed by atoms with van der Waals surface area (Å²) in [7, 11) is 5.50. The molecule has 1 aromatic carbocycles. The maximum atomic E-state index is 5.81. The summed E-state index contributed by atoms with van der Waals surface area (Å²) in [6, 6.07) is 8.49. The van der Waals surface area contributed by atoms with E-state index in [-0.39, 0.29) is 0 Å². The Morgan fingerprint density at radius 1 is 1.47 bits per heavy atom. The summed E-state index contributed by atoms with van der Waals surface area (Å²) in [4.78, 5) is 6.32. The van der Waals surface area contributed by atoms with Crippen LogP contribution >= 0.6 is 0 Å². The zero-order valence-electron chi connectivity index (χ0n) is 10.6. The quantitative estimate of drug-likeness (QED) is 0.634. The van der Waals surface area contributed by atoms with Crippen molar-refractivity contribution in [3.63, 3.8) is 0 Å². The summed E-state index contributed by atoms with van der Waals surface area (Å²) in [5, 5.41) is 0. The molecule has 0 radical (unpaired) electrons. The van der Waals surface area contributed by atoms with Crippen LogP contribution in [-0.4, -0.2) is 38.1 Å². The third-order valence-electron chi connectivity index (χ3n) is 3.03. The number of guanidine groups is 1. The van der Waals surface area contributed by atoms with E-state index in [9.17, 15) is 0 Å². The Balaban J connectivity index is 2.05. The molecular weight excluding hydrogens is 214 g/mol. The molecule has 2 rings (SSSR count). The smallest absolute Gasteiger partial charge is 0.191 e. The first kappa shape index (κ1) is 11.8. The average molecular weight is 233 g/mol. The fraction of sp³-hybridized carbons (Fsp3) is 0.462. The van der Waals surface area contributed by atoms with Gasteiger partial charge in [0.15, 0.2) is 5.96 Å². The molecule has 17 heavy (non-hydrogen) atoms. The zero-order valence-corrected chi connectivity index (χ0v) is 10.6. The second kappa shape index (κ2) is 4.65. The Labute approximate surface area is 102 Å². The Morgan fingerprint density at radius 3 is 2.88 bits per heavy atom. The minimum Gasteiger partial charge on any atom is -0.497 e. The number of rotatable bonds is 3. The molecule has 4 nitrogen and oxygen atoms in total. The molecule has 0 unspecified atom stereocenters. The first-order chi connectivity index (χ1) is 8.11. The second-order valence-corrected chi connectivity index (χ2v) is 4.57. The minimum atomic E-state index is 0.324. The molecule has 4 heteroatoms. The van der Waals surface area contributed by atoms with Gasteiger partial charge in [0.25, 0.3) is 0 Å². The number of methoxy groups -OCH3 is 1. The van der Waals surface area contributed by atoms with Crippen LogP contribution in [0.2, 0.25) is 0 Å². The maximum Gasteiger partial charge on any atom is 0.191 e. The summed E-state index contributed by atoms with van der Waals surface area (Å²) in [6.07, 6.45) is 1.07. The molecule has 1 aliphatic rings. The average Bonchev–Trinajstić information content (AvgIpc) is 3.08. The summed E-state index contributed by atoms with van der Waals surface area (Å²) >= 11 is 0. The number of hydrogen-bond acceptors (Lipinski definition) is 2. The fourth-order valence-electron chi connectivity index (χ4n) is 1.84. The Kier molecular flexibility index (Phi) is 3.22. The van der Waals surface area contributed by atoms with Crippen molar-refractivity contribution in [3.05, 3.63) is 29.8 Å². The van der Waals surface area contributed by atoms with E-state index in [1.54, 1.807) is 7.11 Å². The van der Waals surface area contributed by atoms with Crippen molar-refractivity contribution in [2.75, 3.05) is 21.2 Å². The molecule has 0 aromatic heterocycles. The predicted molar refractivity (Wildman–Crippen MR) is 69.4 cm³/mol. The first-order valence-corrected chi connectivity index (χ1v) is 5.76. The number of benzene rings is 1. The molecule has 92 valence electrons. The van der Waals surface area contributed by atoms with Gasteiger partial charge in [-0.3, -0.25) is 0 Å². The summed E-state index contributed by atoms with van der Waals surface area (Å²) in [5.74, 6) is 1.99. The first-order valence-electron chi connectivity index (χ1n) is 5.76. The van der Waals surface area contributed by atoms with Gasteiger partial charge in [-0.1, -0.05) is 12.1 Å². The van der Waals surface area contributed by atoms with Gasteiger partial charge in [0.1, 0.15) is 5.75 Å². The summed E-state index contributed by atoms with van der Waals surface area (Å²) in [5.41, 5.74) is 7.09. The standard InChI is InChI=1S/C13H19N3O/c1-16(2)13(14)15-12-8-11(12)9-5-4-6-10(7-9)17-3/h4-7,11-12H,8H2,1-3H3,(H2,14,15)/t11-,12+/m0/s1. The second-order valence-electron chi connectivity index (χ2n) is 4.57. The molecule has 2 atom stereocenters. The number of aliphatic imine (C=N–C) groups is 1. The van der Waals surface area contributed by atoms with Gasteiger partial charge < -0.3 is 15.4 Å². The largest absolute Gasteiger partial charge is 0.497 e. The van der Waals surface area contributed by atoms with Crippen LogP contribution in [0.1, 0.15) is 17.9 Å². The van der Waals surface area contributed by atoms with Gasteiger partial charge in [0.2, 0.25) is 0 Å². The highest BCUT2D eigenvalue weighted by atomic mass is 16.5. The predicted octanol–water partition coefficient (Wildman–Crippen LogP) is 1.43. The van der Waals surface area contributed by atoms with Crippen molar-refractivity contribution in [3.8, 4) is 5.75 Å². The molecule has 0 amide bonds. The molecule has 1 saturated carbocycles. The fourth-order valence-corrected chi connectivity index (χ4v) is 1.84. The molecule has 0 heterocycles. The van der Waals surface area contributed by atoms with E-state index >= 15 is 0 Å². The van der Waals surface area contributed by atoms with Crippen molar-refractivity contribution < 1.29 is 4.74 Å². The molecule has 1 fully saturated rings. The van der Waals surface area contributed by atoms with E-state index in [1.807, 2.05) is 31.1 Å². The van der Waals surface area contributed by atoms with E-state index in [2.05, 4.69) is 17.1 Å². The van der Waals surface area contributed by atoms with Crippen LogP contribution in [0.25, 0.3) is 0 Å². The monoisotopic (exact) mass is 233 g/mol. The summed E-state index contributed by atoms with van der Waals surface area (Å²) in [6.45, 7) is 0. The molecule has 0 aliphatic heterocycles. The van der Waals surface area contributed by atoms with Crippen molar-refractivity contribution in [2.45, 2.75) is 18.4 Å². The van der Waals surface area contributed by atoms with Crippen LogP contribution < -0.4 is 10.5 Å². The lowest BCUT2D eigenvalue weighted by molar-refractivity contribution is 0.414. The molecular formula is C13H19N3O. The molecule has 2 N–H and O–H groups in total. The molecule has 0 spiro atoms. The summed E-state index contributed by atoms with van der Waals surface area (Å²) < 4.78 is 5.22. The van der Waals surface area contributed by atoms with E-state index < -0.39 is 0 Å². The van der Waals surface area contributed by atoms with Gasteiger partial charge >= 0.3 is 0 Å². The van der Waals surface area contributed by atoms with Crippen molar-refractivity contribution in [1.82, 2.24) is 4.90 Å². The number of hydrogen-bond donors (Lipinski definition) is 1. The van der Waals surface area contributed by atoms with E-state index in [1.165, 1.54) is 5.56 Å². The van der Waals surface area contributed by atoms with E-state index in [0.717, 1.165) is 12.2 Å². The zero-order chi connectivity index (χ0) is 12.4. The lowest BCUT2D eigenvalue weighted by atomic mass is 10.1. The number of ether oxygens (including phenoxy) is 1. The van der Waals surface area contributed by atoms with Crippen LogP contribution in [0.4, 0.5) is 0 Å². The van der Waals surface area contributed by atoms with Crippen LogP contribution in [0.5, 0.6) is 5.75 Å².